The van der Waals surface area contributed by atoms with E-state index in [9.17, 15) is 9.59 Å². The molecule has 1 heterocycles. The third kappa shape index (κ3) is 3.94. The molecule has 3 rings (SSSR count). The first-order valence-corrected chi connectivity index (χ1v) is 8.31. The van der Waals surface area contributed by atoms with E-state index in [1.165, 1.54) is 10.9 Å². The largest absolute Gasteiger partial charge is 0.352 e. The number of aromatic nitrogens is 2. The first-order valence-electron chi connectivity index (χ1n) is 8.31. The summed E-state index contributed by atoms with van der Waals surface area (Å²) in [6.07, 6.45) is 1.76. The number of rotatable bonds is 5. The molecule has 128 valence electrons. The Bertz CT molecular complexity index is 976. The molecule has 0 spiro atoms. The van der Waals surface area contributed by atoms with Crippen molar-refractivity contribution in [3.05, 3.63) is 75.8 Å². The average Bonchev–Trinajstić information content (AvgIpc) is 2.60. The van der Waals surface area contributed by atoms with Crippen LogP contribution in [0.15, 0.2) is 53.6 Å². The summed E-state index contributed by atoms with van der Waals surface area (Å²) in [5.41, 5.74) is 3.80. The molecule has 0 atom stereocenters. The number of hydrogen-bond acceptors (Lipinski definition) is 3. The quantitative estimate of drug-likeness (QED) is 0.780. The lowest BCUT2D eigenvalue weighted by Crippen LogP contribution is -2.27. The van der Waals surface area contributed by atoms with E-state index in [1.54, 1.807) is 6.07 Å². The molecule has 1 aromatic heterocycles. The molecule has 0 saturated heterocycles. The fourth-order valence-corrected chi connectivity index (χ4v) is 2.83. The van der Waals surface area contributed by atoms with Gasteiger partial charge in [0, 0.05) is 19.5 Å². The van der Waals surface area contributed by atoms with Crippen LogP contribution in [0.3, 0.4) is 0 Å². The maximum atomic E-state index is 12.5. The van der Waals surface area contributed by atoms with Crippen LogP contribution in [0.4, 0.5) is 0 Å². The van der Waals surface area contributed by atoms with Gasteiger partial charge in [-0.25, -0.2) is 4.98 Å². The topological polar surface area (TPSA) is 64.0 Å². The average molecular weight is 335 g/mol. The van der Waals surface area contributed by atoms with Crippen molar-refractivity contribution in [1.29, 1.82) is 0 Å². The van der Waals surface area contributed by atoms with E-state index < -0.39 is 0 Å². The van der Waals surface area contributed by atoms with Crippen LogP contribution in [0.5, 0.6) is 0 Å². The molecule has 0 bridgehead atoms. The number of amides is 1. The summed E-state index contributed by atoms with van der Waals surface area (Å²) < 4.78 is 1.49. The van der Waals surface area contributed by atoms with Crippen molar-refractivity contribution >= 4 is 16.8 Å². The maximum absolute atomic E-state index is 12.5. The van der Waals surface area contributed by atoms with Gasteiger partial charge in [0.15, 0.2) is 0 Å². The van der Waals surface area contributed by atoms with E-state index >= 15 is 0 Å². The van der Waals surface area contributed by atoms with Gasteiger partial charge in [-0.2, -0.15) is 0 Å². The van der Waals surface area contributed by atoms with E-state index in [4.69, 9.17) is 0 Å². The lowest BCUT2D eigenvalue weighted by Gasteiger charge is -2.09. The molecule has 0 unspecified atom stereocenters. The number of carbonyl (C=O) groups excluding carboxylic acids is 1. The lowest BCUT2D eigenvalue weighted by molar-refractivity contribution is -0.121. The lowest BCUT2D eigenvalue weighted by atomic mass is 10.1. The molecule has 0 radical (unpaired) electrons. The predicted octanol–water partition coefficient (Wildman–Crippen LogP) is 2.72. The Morgan fingerprint density at radius 3 is 2.76 bits per heavy atom. The number of aryl methyl sites for hydroxylation is 3. The number of nitrogens with zero attached hydrogens (tertiary/aromatic N) is 2. The van der Waals surface area contributed by atoms with Gasteiger partial charge >= 0.3 is 0 Å². The van der Waals surface area contributed by atoms with Crippen LogP contribution in [0.1, 0.15) is 23.1 Å². The summed E-state index contributed by atoms with van der Waals surface area (Å²) >= 11 is 0. The van der Waals surface area contributed by atoms with E-state index in [2.05, 4.69) is 10.3 Å². The number of carbonyl (C=O) groups is 1. The van der Waals surface area contributed by atoms with Crippen LogP contribution >= 0.6 is 0 Å². The molecule has 2 aromatic carbocycles. The van der Waals surface area contributed by atoms with Gasteiger partial charge in [-0.15, -0.1) is 0 Å². The van der Waals surface area contributed by atoms with E-state index in [1.807, 2.05) is 50.2 Å². The molecule has 0 aliphatic carbocycles. The third-order valence-electron chi connectivity index (χ3n) is 4.21. The molecular weight excluding hydrogens is 314 g/mol. The highest BCUT2D eigenvalue weighted by molar-refractivity contribution is 5.80. The zero-order valence-corrected chi connectivity index (χ0v) is 14.5. The van der Waals surface area contributed by atoms with Crippen LogP contribution in [-0.2, 0) is 17.9 Å². The van der Waals surface area contributed by atoms with Crippen LogP contribution in [0.25, 0.3) is 10.9 Å². The molecule has 0 aliphatic heterocycles. The Balaban J connectivity index is 1.63. The standard InChI is InChI=1S/C20H21N3O2/c1-14-5-3-7-16(11-14)12-21-18(24)9-10-23-13-22-19-15(2)6-4-8-17(19)20(23)25/h3-8,11,13H,9-10,12H2,1-2H3,(H,21,24). The Kier molecular flexibility index (Phi) is 4.93. The van der Waals surface area contributed by atoms with Crippen molar-refractivity contribution in [3.63, 3.8) is 0 Å². The molecule has 0 saturated carbocycles. The molecule has 1 amide bonds. The van der Waals surface area contributed by atoms with Gasteiger partial charge in [0.05, 0.1) is 17.2 Å². The van der Waals surface area contributed by atoms with Gasteiger partial charge in [0.2, 0.25) is 5.91 Å². The van der Waals surface area contributed by atoms with Crippen molar-refractivity contribution < 1.29 is 4.79 Å². The Labute approximate surface area is 146 Å². The zero-order chi connectivity index (χ0) is 17.8. The SMILES string of the molecule is Cc1cccc(CNC(=O)CCn2cnc3c(C)cccc3c2=O)c1. The van der Waals surface area contributed by atoms with E-state index in [0.29, 0.717) is 24.0 Å². The summed E-state index contributed by atoms with van der Waals surface area (Å²) in [7, 11) is 0. The smallest absolute Gasteiger partial charge is 0.261 e. The molecule has 5 heteroatoms. The number of para-hydroxylation sites is 1. The Hall–Kier alpha value is -2.95. The second-order valence-electron chi connectivity index (χ2n) is 6.23. The van der Waals surface area contributed by atoms with Gasteiger partial charge in [-0.1, -0.05) is 42.0 Å². The fraction of sp³-hybridized carbons (Fsp3) is 0.250. The number of fused-ring (bicyclic) bond motifs is 1. The minimum absolute atomic E-state index is 0.0854. The molecule has 0 fully saturated rings. The highest BCUT2D eigenvalue weighted by atomic mass is 16.1. The van der Waals surface area contributed by atoms with E-state index in [-0.39, 0.29) is 17.9 Å². The Morgan fingerprint density at radius 1 is 1.16 bits per heavy atom. The summed E-state index contributed by atoms with van der Waals surface area (Å²) in [6, 6.07) is 13.6. The van der Waals surface area contributed by atoms with Crippen LogP contribution < -0.4 is 10.9 Å². The normalized spacial score (nSPS) is 10.8. The summed E-state index contributed by atoms with van der Waals surface area (Å²) in [5, 5.41) is 3.47. The highest BCUT2D eigenvalue weighted by Crippen LogP contribution is 2.11. The minimum atomic E-state index is -0.111. The molecule has 5 nitrogen and oxygen atoms in total. The van der Waals surface area contributed by atoms with Gasteiger partial charge in [0.25, 0.3) is 5.56 Å². The third-order valence-corrected chi connectivity index (χ3v) is 4.21. The molecule has 25 heavy (non-hydrogen) atoms. The van der Waals surface area contributed by atoms with Crippen molar-refractivity contribution in [2.45, 2.75) is 33.4 Å². The van der Waals surface area contributed by atoms with Crippen LogP contribution in [0.2, 0.25) is 0 Å². The van der Waals surface area contributed by atoms with Gasteiger partial charge in [-0.05, 0) is 31.0 Å². The summed E-state index contributed by atoms with van der Waals surface area (Å²) in [6.45, 7) is 4.75. The summed E-state index contributed by atoms with van der Waals surface area (Å²) in [4.78, 5) is 28.9. The fourth-order valence-electron chi connectivity index (χ4n) is 2.83. The van der Waals surface area contributed by atoms with Gasteiger partial charge < -0.3 is 5.32 Å². The van der Waals surface area contributed by atoms with Crippen molar-refractivity contribution in [1.82, 2.24) is 14.9 Å². The van der Waals surface area contributed by atoms with Crippen LogP contribution in [-0.4, -0.2) is 15.5 Å². The van der Waals surface area contributed by atoms with Gasteiger partial charge in [0.1, 0.15) is 0 Å². The molecular formula is C20H21N3O2. The second kappa shape index (κ2) is 7.30. The van der Waals surface area contributed by atoms with Crippen molar-refractivity contribution in [2.24, 2.45) is 0 Å². The second-order valence-corrected chi connectivity index (χ2v) is 6.23. The molecule has 0 aliphatic rings. The number of nitrogens with one attached hydrogen (secondary N) is 1. The van der Waals surface area contributed by atoms with Crippen molar-refractivity contribution in [2.75, 3.05) is 0 Å². The van der Waals surface area contributed by atoms with E-state index in [0.717, 1.165) is 16.7 Å². The van der Waals surface area contributed by atoms with Crippen molar-refractivity contribution in [3.8, 4) is 0 Å². The molecule has 3 aromatic rings. The monoisotopic (exact) mass is 335 g/mol. The summed E-state index contributed by atoms with van der Waals surface area (Å²) in [5.74, 6) is -0.0854. The predicted molar refractivity (Wildman–Crippen MR) is 98.4 cm³/mol. The Morgan fingerprint density at radius 2 is 1.96 bits per heavy atom. The number of hydrogen-bond donors (Lipinski definition) is 1. The molecule has 1 N–H and O–H groups in total. The maximum Gasteiger partial charge on any atom is 0.261 e. The number of benzene rings is 2. The van der Waals surface area contributed by atoms with Crippen LogP contribution in [0, 0.1) is 13.8 Å². The minimum Gasteiger partial charge on any atom is -0.352 e. The van der Waals surface area contributed by atoms with Gasteiger partial charge in [-0.3, -0.25) is 14.2 Å². The zero-order valence-electron chi connectivity index (χ0n) is 14.5. The highest BCUT2D eigenvalue weighted by Gasteiger charge is 2.08. The first-order chi connectivity index (χ1) is 12.0. The first kappa shape index (κ1) is 16.9.